The van der Waals surface area contributed by atoms with Crippen molar-refractivity contribution >= 4 is 18.0 Å². The molecule has 0 aliphatic carbocycles. The summed E-state index contributed by atoms with van der Waals surface area (Å²) in [6, 6.07) is -0.867. The molecule has 0 bridgehead atoms. The summed E-state index contributed by atoms with van der Waals surface area (Å²) in [6.45, 7) is 3.25. The second-order valence-electron chi connectivity index (χ2n) is 2.55. The Kier molecular flexibility index (Phi) is 5.97. The fraction of sp³-hybridized carbons (Fsp3) is 0.375. The third-order valence-electron chi connectivity index (χ3n) is 1.40. The highest BCUT2D eigenvalue weighted by molar-refractivity contribution is 5.90. The number of rotatable bonds is 6. The normalized spacial score (nSPS) is 12.4. The van der Waals surface area contributed by atoms with Gasteiger partial charge in [-0.05, 0) is 6.20 Å². The molecule has 5 N–H and O–H groups in total. The first-order valence-electron chi connectivity index (χ1n) is 4.00. The molecule has 1 amide bonds. The summed E-state index contributed by atoms with van der Waals surface area (Å²) in [6.07, 6.45) is 2.19. The van der Waals surface area contributed by atoms with Crippen molar-refractivity contribution in [2.75, 3.05) is 6.54 Å². The summed E-state index contributed by atoms with van der Waals surface area (Å²) in [5, 5.41) is 2.29. The van der Waals surface area contributed by atoms with Crippen LogP contribution >= 0.6 is 0 Å². The van der Waals surface area contributed by atoms with Crippen molar-refractivity contribution in [1.82, 2.24) is 5.32 Å². The Morgan fingerprint density at radius 1 is 1.57 bits per heavy atom. The van der Waals surface area contributed by atoms with Crippen LogP contribution in [0.2, 0.25) is 0 Å². The molecule has 0 aliphatic heterocycles. The van der Waals surface area contributed by atoms with Crippen molar-refractivity contribution in [1.29, 1.82) is 0 Å². The van der Waals surface area contributed by atoms with Gasteiger partial charge in [-0.3, -0.25) is 14.6 Å². The third kappa shape index (κ3) is 5.04. The van der Waals surface area contributed by atoms with E-state index in [1.54, 1.807) is 0 Å². The van der Waals surface area contributed by atoms with Gasteiger partial charge >= 0.3 is 0 Å². The Labute approximate surface area is 82.1 Å². The topological polar surface area (TPSA) is 111 Å². The Morgan fingerprint density at radius 2 is 2.21 bits per heavy atom. The van der Waals surface area contributed by atoms with Crippen LogP contribution in [-0.4, -0.2) is 30.6 Å². The van der Waals surface area contributed by atoms with E-state index in [2.05, 4.69) is 16.9 Å². The molecule has 0 rings (SSSR count). The molecule has 78 valence electrons. The standard InChI is InChI=1S/C8H14N4O2/c1-2-12-8(14)7(10)3-6(13)4-11-5-9/h2,5,7H,1,3-4,10H2,(H2,9,11)(H,12,14). The highest BCUT2D eigenvalue weighted by Crippen LogP contribution is 1.91. The number of carbonyl (C=O) groups is 2. The van der Waals surface area contributed by atoms with Crippen LogP contribution in [0.3, 0.4) is 0 Å². The van der Waals surface area contributed by atoms with Crippen LogP contribution in [-0.2, 0) is 9.59 Å². The lowest BCUT2D eigenvalue weighted by Gasteiger charge is -2.07. The number of nitrogens with one attached hydrogen (secondary N) is 1. The van der Waals surface area contributed by atoms with Crippen molar-refractivity contribution in [3.63, 3.8) is 0 Å². The van der Waals surface area contributed by atoms with E-state index in [0.717, 1.165) is 6.34 Å². The van der Waals surface area contributed by atoms with Crippen LogP contribution in [0.25, 0.3) is 0 Å². The number of nitrogens with two attached hydrogens (primary N) is 2. The number of carbonyl (C=O) groups excluding carboxylic acids is 2. The van der Waals surface area contributed by atoms with E-state index in [9.17, 15) is 9.59 Å². The molecule has 0 heterocycles. The maximum Gasteiger partial charge on any atom is 0.241 e. The maximum atomic E-state index is 11.1. The van der Waals surface area contributed by atoms with E-state index in [1.165, 1.54) is 6.20 Å². The van der Waals surface area contributed by atoms with Crippen LogP contribution in [0.5, 0.6) is 0 Å². The lowest BCUT2D eigenvalue weighted by atomic mass is 10.1. The lowest BCUT2D eigenvalue weighted by Crippen LogP contribution is -2.40. The van der Waals surface area contributed by atoms with Crippen LogP contribution in [0.15, 0.2) is 17.8 Å². The van der Waals surface area contributed by atoms with Gasteiger partial charge in [0.15, 0.2) is 5.78 Å². The zero-order chi connectivity index (χ0) is 11.0. The molecule has 6 nitrogen and oxygen atoms in total. The van der Waals surface area contributed by atoms with Crippen LogP contribution in [0.1, 0.15) is 6.42 Å². The van der Waals surface area contributed by atoms with Gasteiger partial charge in [0.05, 0.1) is 18.9 Å². The summed E-state index contributed by atoms with van der Waals surface area (Å²) in [4.78, 5) is 25.6. The number of hydrogen-bond donors (Lipinski definition) is 3. The molecule has 0 aromatic heterocycles. The summed E-state index contributed by atoms with van der Waals surface area (Å²) >= 11 is 0. The molecule has 6 heteroatoms. The zero-order valence-corrected chi connectivity index (χ0v) is 7.77. The number of amides is 1. The van der Waals surface area contributed by atoms with Gasteiger partial charge in [-0.2, -0.15) is 0 Å². The number of aliphatic imine (C=N–C) groups is 1. The number of hydrogen-bond acceptors (Lipinski definition) is 4. The molecule has 1 atom stereocenters. The highest BCUT2D eigenvalue weighted by Gasteiger charge is 2.15. The molecule has 0 spiro atoms. The van der Waals surface area contributed by atoms with Crippen LogP contribution in [0, 0.1) is 0 Å². The molecular weight excluding hydrogens is 184 g/mol. The van der Waals surface area contributed by atoms with Gasteiger partial charge in [0, 0.05) is 6.42 Å². The van der Waals surface area contributed by atoms with Gasteiger partial charge in [-0.25, -0.2) is 0 Å². The molecule has 0 saturated carbocycles. The molecule has 0 radical (unpaired) electrons. The van der Waals surface area contributed by atoms with E-state index in [0.29, 0.717) is 0 Å². The number of nitrogens with zero attached hydrogens (tertiary/aromatic N) is 1. The number of Topliss-reactive ketones (excluding diaryl/α,β-unsaturated/α-hetero) is 1. The minimum atomic E-state index is -0.867. The first kappa shape index (κ1) is 12.3. The minimum Gasteiger partial charge on any atom is -0.390 e. The molecule has 0 fully saturated rings. The average Bonchev–Trinajstić information content (AvgIpc) is 2.15. The zero-order valence-electron chi connectivity index (χ0n) is 7.77. The van der Waals surface area contributed by atoms with Gasteiger partial charge in [0.2, 0.25) is 5.91 Å². The number of ketones is 1. The molecular formula is C8H14N4O2. The van der Waals surface area contributed by atoms with E-state index in [1.807, 2.05) is 0 Å². The molecule has 14 heavy (non-hydrogen) atoms. The van der Waals surface area contributed by atoms with Crippen LogP contribution < -0.4 is 16.8 Å². The molecule has 0 saturated heterocycles. The first-order valence-corrected chi connectivity index (χ1v) is 4.00. The Hall–Kier alpha value is -1.69. The summed E-state index contributed by atoms with van der Waals surface area (Å²) in [5.74, 6) is -0.677. The minimum absolute atomic E-state index is 0.0500. The van der Waals surface area contributed by atoms with Crippen molar-refractivity contribution in [2.24, 2.45) is 16.5 Å². The maximum absolute atomic E-state index is 11.1. The molecule has 1 unspecified atom stereocenters. The second kappa shape index (κ2) is 6.79. The van der Waals surface area contributed by atoms with Crippen molar-refractivity contribution in [2.45, 2.75) is 12.5 Å². The monoisotopic (exact) mass is 198 g/mol. The predicted octanol–water partition coefficient (Wildman–Crippen LogP) is -1.48. The van der Waals surface area contributed by atoms with E-state index < -0.39 is 11.9 Å². The smallest absolute Gasteiger partial charge is 0.241 e. The van der Waals surface area contributed by atoms with Crippen molar-refractivity contribution in [3.8, 4) is 0 Å². The van der Waals surface area contributed by atoms with Crippen LogP contribution in [0.4, 0.5) is 0 Å². The van der Waals surface area contributed by atoms with E-state index in [-0.39, 0.29) is 18.7 Å². The lowest BCUT2D eigenvalue weighted by molar-refractivity contribution is -0.125. The fourth-order valence-corrected chi connectivity index (χ4v) is 0.765. The fourth-order valence-electron chi connectivity index (χ4n) is 0.765. The Morgan fingerprint density at radius 3 is 2.71 bits per heavy atom. The van der Waals surface area contributed by atoms with Gasteiger partial charge in [0.25, 0.3) is 0 Å². The molecule has 0 aliphatic rings. The second-order valence-corrected chi connectivity index (χ2v) is 2.55. The van der Waals surface area contributed by atoms with Gasteiger partial charge in [0.1, 0.15) is 0 Å². The van der Waals surface area contributed by atoms with E-state index >= 15 is 0 Å². The SMILES string of the molecule is C=CNC(=O)C(N)CC(=O)CN=CN. The van der Waals surface area contributed by atoms with Crippen molar-refractivity contribution < 1.29 is 9.59 Å². The highest BCUT2D eigenvalue weighted by atomic mass is 16.2. The van der Waals surface area contributed by atoms with E-state index in [4.69, 9.17) is 11.5 Å². The average molecular weight is 198 g/mol. The summed E-state index contributed by atoms with van der Waals surface area (Å²) in [5.41, 5.74) is 10.4. The largest absolute Gasteiger partial charge is 0.390 e. The predicted molar refractivity (Wildman–Crippen MR) is 53.5 cm³/mol. The van der Waals surface area contributed by atoms with Gasteiger partial charge in [-0.1, -0.05) is 6.58 Å². The third-order valence-corrected chi connectivity index (χ3v) is 1.40. The quantitative estimate of drug-likeness (QED) is 0.357. The molecule has 0 aromatic rings. The van der Waals surface area contributed by atoms with Crippen molar-refractivity contribution in [3.05, 3.63) is 12.8 Å². The molecule has 0 aromatic carbocycles. The first-order chi connectivity index (χ1) is 6.61. The Bertz CT molecular complexity index is 250. The Balaban J connectivity index is 3.92. The summed E-state index contributed by atoms with van der Waals surface area (Å²) < 4.78 is 0. The summed E-state index contributed by atoms with van der Waals surface area (Å²) in [7, 11) is 0. The van der Waals surface area contributed by atoms with Gasteiger partial charge < -0.3 is 16.8 Å². The van der Waals surface area contributed by atoms with Gasteiger partial charge in [-0.15, -0.1) is 0 Å².